The number of hydrogen-bond donors (Lipinski definition) is 13. The number of methoxy groups -OCH3 is 2. The largest absolute Gasteiger partial charge is 0.508 e. The normalized spacial score (nSPS) is 10.8. The van der Waals surface area contributed by atoms with Crippen molar-refractivity contribution >= 4 is 48.6 Å². The minimum Gasteiger partial charge on any atom is -0.508 e. The van der Waals surface area contributed by atoms with Gasteiger partial charge in [0.05, 0.1) is 20.8 Å². The zero-order valence-electron chi connectivity index (χ0n) is 58.8. The molecule has 0 bridgehead atoms. The first-order valence-corrected chi connectivity index (χ1v) is 32.2. The van der Waals surface area contributed by atoms with Crippen LogP contribution in [0.25, 0.3) is 48.6 Å². The minimum atomic E-state index is -0.186. The first-order valence-electron chi connectivity index (χ1n) is 32.2. The summed E-state index contributed by atoms with van der Waals surface area (Å²) in [5.41, 5.74) is 15.8. The third-order valence-corrected chi connectivity index (χ3v) is 15.1. The lowest BCUT2D eigenvalue weighted by molar-refractivity contribution is 0.280. The van der Waals surface area contributed by atoms with Crippen molar-refractivity contribution in [3.8, 4) is 86.2 Å². The molecule has 0 atom stereocenters. The van der Waals surface area contributed by atoms with Gasteiger partial charge in [-0.3, -0.25) is 0 Å². The Morgan fingerprint density at radius 3 is 1.04 bits per heavy atom. The summed E-state index contributed by atoms with van der Waals surface area (Å²) in [6.45, 7) is 20.3. The van der Waals surface area contributed by atoms with Crippen molar-refractivity contribution in [1.29, 1.82) is 0 Å². The van der Waals surface area contributed by atoms with Gasteiger partial charge < -0.3 is 80.6 Å². The van der Waals surface area contributed by atoms with Crippen LogP contribution in [-0.4, -0.2) is 87.2 Å². The van der Waals surface area contributed by atoms with E-state index in [9.17, 15) is 66.4 Å². The van der Waals surface area contributed by atoms with Gasteiger partial charge in [-0.2, -0.15) is 0 Å². The van der Waals surface area contributed by atoms with Crippen molar-refractivity contribution < 1.29 is 80.6 Å². The van der Waals surface area contributed by atoms with Crippen LogP contribution in [-0.2, 0) is 32.3 Å². The lowest BCUT2D eigenvalue weighted by atomic mass is 9.96. The molecule has 0 heterocycles. The van der Waals surface area contributed by atoms with Gasteiger partial charge in [0.2, 0.25) is 0 Å². The third kappa shape index (κ3) is 25.7. The van der Waals surface area contributed by atoms with Gasteiger partial charge in [-0.15, -0.1) is 0 Å². The van der Waals surface area contributed by atoms with Gasteiger partial charge in [0.1, 0.15) is 46.9 Å². The van der Waals surface area contributed by atoms with E-state index in [0.29, 0.717) is 71.8 Å². The first kappa shape index (κ1) is 79.1. The number of allylic oxidation sites excluding steroid dienone is 9. The van der Waals surface area contributed by atoms with Gasteiger partial charge >= 0.3 is 0 Å². The molecule has 8 aromatic carbocycles. The van der Waals surface area contributed by atoms with Crippen molar-refractivity contribution in [2.75, 3.05) is 20.8 Å². The van der Waals surface area contributed by atoms with Gasteiger partial charge in [0.25, 0.3) is 0 Å². The number of aliphatic hydroxyl groups is 1. The molecule has 0 saturated carbocycles. The van der Waals surface area contributed by atoms with E-state index in [4.69, 9.17) is 14.2 Å². The topological polar surface area (TPSA) is 291 Å². The number of hydrogen-bond acceptors (Lipinski definition) is 16. The van der Waals surface area contributed by atoms with E-state index < -0.39 is 0 Å². The molecule has 0 amide bonds. The van der Waals surface area contributed by atoms with Gasteiger partial charge in [-0.25, -0.2) is 0 Å². The molecule has 8 aromatic rings. The Morgan fingerprint density at radius 1 is 0.290 bits per heavy atom. The van der Waals surface area contributed by atoms with E-state index in [2.05, 4.69) is 12.2 Å². The molecule has 100 heavy (non-hydrogen) atoms. The number of aliphatic hydroxyl groups excluding tert-OH is 1. The van der Waals surface area contributed by atoms with E-state index in [1.807, 2.05) is 124 Å². The summed E-state index contributed by atoms with van der Waals surface area (Å²) in [4.78, 5) is 0. The average Bonchev–Trinajstić information content (AvgIpc) is 0.843. The molecule has 0 radical (unpaired) electrons. The SMILES string of the molecule is CC(C)=CCOc1cc(O)cc(/C=C/c2ccc(O)c(O)c2)c1CC=C(C)C.CC(C)=CCc1c(/C=C/c2ccc(O)c(O)c2)cc(O)cc1CO.COc1cc(/C=C/c2cc(O)c(CC=C(C)C)c(O)c2)ccc1O.COc1cc(/C=C/c2cc(O)cc(O)c2CC=C(C)C)ccc1O. The van der Waals surface area contributed by atoms with Crippen LogP contribution in [0.1, 0.15) is 142 Å². The third-order valence-electron chi connectivity index (χ3n) is 15.1. The molecule has 0 unspecified atom stereocenters. The maximum Gasteiger partial charge on any atom is 0.161 e. The summed E-state index contributed by atoms with van der Waals surface area (Å²) in [6, 6.07) is 31.9. The van der Waals surface area contributed by atoms with Gasteiger partial charge in [-0.05, 0) is 242 Å². The van der Waals surface area contributed by atoms with E-state index in [-0.39, 0.29) is 75.6 Å². The molecule has 0 aromatic heterocycles. The van der Waals surface area contributed by atoms with Crippen LogP contribution in [0.5, 0.6) is 86.2 Å². The molecule has 13 N–H and O–H groups in total. The summed E-state index contributed by atoms with van der Waals surface area (Å²) in [5.74, 6) is 1.31. The van der Waals surface area contributed by atoms with Crippen molar-refractivity contribution in [3.63, 3.8) is 0 Å². The number of ether oxygens (including phenoxy) is 3. The smallest absolute Gasteiger partial charge is 0.161 e. The van der Waals surface area contributed by atoms with Gasteiger partial charge in [0, 0.05) is 28.8 Å². The first-order chi connectivity index (χ1) is 47.5. The second-order valence-electron chi connectivity index (χ2n) is 24.6. The molecule has 0 aliphatic rings. The fourth-order valence-electron chi connectivity index (χ4n) is 9.59. The second kappa shape index (κ2) is 38.9. The Labute approximate surface area is 586 Å². The number of benzene rings is 8. The second-order valence-corrected chi connectivity index (χ2v) is 24.6. The molecule has 0 aliphatic heterocycles. The zero-order valence-corrected chi connectivity index (χ0v) is 58.8. The molecule has 0 aliphatic carbocycles. The van der Waals surface area contributed by atoms with E-state index in [1.54, 1.807) is 103 Å². The standard InChI is InChI=1S/C24H28O4.3C20H22O4/c1-16(2)5-9-21-19(8-6-18-7-10-22(26)23(27)13-18)14-20(25)15-24(21)28-12-11-17(3)4;1-13(2)4-8-17-15(11-16(21)12-19(17)23)7-5-14-6-9-18(22)20(10-14)24-3;1-13(2)4-8-16-18(22)10-15(11-19(16)23)6-5-14-7-9-17(21)20(12-14)24-3;1-13(2)3-7-18-15(10-17(22)11-16(18)12-21)6-4-14-5-8-19(23)20(24)9-14/h5-8,10-11,13-15,25-27H,9,12H2,1-4H3;2*4-7,9-12,21-23H,8H2,1-3H3;3-6,8-11,21-24H,7,12H2,1-2H3/b8-6+;7-5+;6-5+;6-4+. The summed E-state index contributed by atoms with van der Waals surface area (Å²) < 4.78 is 16.1. The fraction of sp³-hybridized carbons (Fsp3) is 0.214. The van der Waals surface area contributed by atoms with Crippen LogP contribution in [0.4, 0.5) is 0 Å². The Bertz CT molecular complexity index is 4360. The zero-order chi connectivity index (χ0) is 73.8. The van der Waals surface area contributed by atoms with Gasteiger partial charge in [0.15, 0.2) is 46.0 Å². The predicted octanol–water partition coefficient (Wildman–Crippen LogP) is 18.8. The quantitative estimate of drug-likeness (QED) is 0.0171. The van der Waals surface area contributed by atoms with Crippen LogP contribution >= 0.6 is 0 Å². The molecule has 0 fully saturated rings. The van der Waals surface area contributed by atoms with Crippen molar-refractivity contribution in [2.45, 2.75) is 102 Å². The molecule has 0 saturated heterocycles. The highest BCUT2D eigenvalue weighted by Gasteiger charge is 2.14. The molecule has 8 rings (SSSR count). The Morgan fingerprint density at radius 2 is 0.620 bits per heavy atom. The number of phenols is 12. The number of rotatable bonds is 22. The van der Waals surface area contributed by atoms with Crippen molar-refractivity contribution in [2.24, 2.45) is 0 Å². The summed E-state index contributed by atoms with van der Waals surface area (Å²) in [6.07, 6.45) is 27.1. The molecular weight excluding hydrogens is 1260 g/mol. The highest BCUT2D eigenvalue weighted by molar-refractivity contribution is 5.77. The number of aromatic hydroxyl groups is 12. The predicted molar refractivity (Wildman–Crippen MR) is 404 cm³/mol. The molecular formula is C84H94O16. The molecule has 526 valence electrons. The monoisotopic (exact) mass is 1360 g/mol. The highest BCUT2D eigenvalue weighted by Crippen LogP contribution is 2.36. The molecule has 16 heteroatoms. The van der Waals surface area contributed by atoms with E-state index >= 15 is 0 Å². The highest BCUT2D eigenvalue weighted by atomic mass is 16.5. The maximum atomic E-state index is 10.2. The average molecular weight is 1360 g/mol. The van der Waals surface area contributed by atoms with E-state index in [0.717, 1.165) is 61.2 Å². The van der Waals surface area contributed by atoms with Crippen molar-refractivity contribution in [1.82, 2.24) is 0 Å². The van der Waals surface area contributed by atoms with Gasteiger partial charge in [-0.1, -0.05) is 125 Å². The van der Waals surface area contributed by atoms with Crippen molar-refractivity contribution in [3.05, 3.63) is 252 Å². The van der Waals surface area contributed by atoms with Crippen LogP contribution in [0, 0.1) is 0 Å². The Balaban J connectivity index is 0.000000241. The summed E-state index contributed by atoms with van der Waals surface area (Å²) in [7, 11) is 2.98. The minimum absolute atomic E-state index is 0.0105. The Kier molecular flexibility index (Phi) is 30.8. The van der Waals surface area contributed by atoms with Crippen LogP contribution in [0.2, 0.25) is 0 Å². The van der Waals surface area contributed by atoms with Crippen LogP contribution in [0.3, 0.4) is 0 Å². The summed E-state index contributed by atoms with van der Waals surface area (Å²) in [5, 5.41) is 127. The molecule has 16 nitrogen and oxygen atoms in total. The maximum absolute atomic E-state index is 10.2. The van der Waals surface area contributed by atoms with Crippen LogP contribution < -0.4 is 14.2 Å². The van der Waals surface area contributed by atoms with E-state index in [1.165, 1.54) is 61.3 Å². The Hall–Kier alpha value is -11.6. The fourth-order valence-corrected chi connectivity index (χ4v) is 9.59. The summed E-state index contributed by atoms with van der Waals surface area (Å²) >= 11 is 0. The lowest BCUT2D eigenvalue weighted by Gasteiger charge is -2.14. The lowest BCUT2D eigenvalue weighted by Crippen LogP contribution is -2.00. The van der Waals surface area contributed by atoms with Crippen LogP contribution in [0.15, 0.2) is 180 Å². The molecule has 0 spiro atoms. The number of phenolic OH excluding ortho intramolecular Hbond substituents is 12.